The fourth-order valence-corrected chi connectivity index (χ4v) is 2.10. The van der Waals surface area contributed by atoms with E-state index in [1.54, 1.807) is 24.3 Å². The number of fused-ring (bicyclic) bond motifs is 1. The van der Waals surface area contributed by atoms with Crippen LogP contribution in [0.2, 0.25) is 0 Å². The Morgan fingerprint density at radius 3 is 2.61 bits per heavy atom. The van der Waals surface area contributed by atoms with Crippen LogP contribution in [0.4, 0.5) is 0 Å². The van der Waals surface area contributed by atoms with E-state index in [0.717, 1.165) is 0 Å². The van der Waals surface area contributed by atoms with Gasteiger partial charge in [0.05, 0.1) is 17.2 Å². The molecule has 0 saturated heterocycles. The monoisotopic (exact) mass is 317 g/mol. The predicted octanol–water partition coefficient (Wildman–Crippen LogP) is 1.11. The molecule has 0 aliphatic heterocycles. The van der Waals surface area contributed by atoms with Crippen molar-refractivity contribution in [3.05, 3.63) is 40.9 Å². The molecule has 7 nitrogen and oxygen atoms in total. The second kappa shape index (κ2) is 6.20. The molecule has 122 valence electrons. The van der Waals surface area contributed by atoms with Gasteiger partial charge in [-0.15, -0.1) is 0 Å². The molecule has 1 N–H and O–H groups in total. The lowest BCUT2D eigenvalue weighted by Crippen LogP contribution is -2.51. The number of hydrogen-bond donors (Lipinski definition) is 1. The van der Waals surface area contributed by atoms with Gasteiger partial charge in [0.25, 0.3) is 5.56 Å². The quantitative estimate of drug-likeness (QED) is 0.891. The Labute approximate surface area is 133 Å². The maximum Gasteiger partial charge on any atom is 0.329 e. The molecule has 1 heterocycles. The van der Waals surface area contributed by atoms with Crippen molar-refractivity contribution in [2.75, 3.05) is 7.05 Å². The zero-order chi connectivity index (χ0) is 17.2. The first-order chi connectivity index (χ1) is 10.7. The van der Waals surface area contributed by atoms with Crippen molar-refractivity contribution < 1.29 is 14.7 Å². The Morgan fingerprint density at radius 2 is 1.96 bits per heavy atom. The summed E-state index contributed by atoms with van der Waals surface area (Å²) in [4.78, 5) is 41.0. The van der Waals surface area contributed by atoms with Crippen molar-refractivity contribution in [3.63, 3.8) is 0 Å². The van der Waals surface area contributed by atoms with Gasteiger partial charge in [0.15, 0.2) is 0 Å². The number of amides is 1. The Hall–Kier alpha value is -2.70. The van der Waals surface area contributed by atoms with E-state index >= 15 is 0 Å². The van der Waals surface area contributed by atoms with Crippen LogP contribution in [0.1, 0.15) is 20.3 Å². The average molecular weight is 317 g/mol. The van der Waals surface area contributed by atoms with Crippen molar-refractivity contribution in [2.24, 2.45) is 0 Å². The fraction of sp³-hybridized carbons (Fsp3) is 0.375. The molecule has 2 aromatic rings. The molecule has 0 bridgehead atoms. The van der Waals surface area contributed by atoms with E-state index in [0.29, 0.717) is 10.9 Å². The van der Waals surface area contributed by atoms with E-state index in [9.17, 15) is 14.4 Å². The summed E-state index contributed by atoms with van der Waals surface area (Å²) in [6.45, 7) is 3.06. The van der Waals surface area contributed by atoms with Gasteiger partial charge in [-0.25, -0.2) is 9.78 Å². The molecule has 2 rings (SSSR count). The number of aliphatic carboxylic acids is 1. The minimum Gasteiger partial charge on any atom is -0.480 e. The van der Waals surface area contributed by atoms with E-state index in [4.69, 9.17) is 5.11 Å². The summed E-state index contributed by atoms with van der Waals surface area (Å²) in [5.74, 6) is -1.43. The second-order valence-corrected chi connectivity index (χ2v) is 5.83. The Balaban J connectivity index is 2.15. The summed E-state index contributed by atoms with van der Waals surface area (Å²) in [7, 11) is 1.44. The van der Waals surface area contributed by atoms with Gasteiger partial charge in [-0.3, -0.25) is 14.2 Å². The van der Waals surface area contributed by atoms with Crippen LogP contribution in [-0.4, -0.2) is 44.0 Å². The molecular formula is C16H19N3O4. The van der Waals surface area contributed by atoms with Gasteiger partial charge in [-0.05, 0) is 26.0 Å². The van der Waals surface area contributed by atoms with Crippen LogP contribution in [-0.2, 0) is 16.1 Å². The van der Waals surface area contributed by atoms with Gasteiger partial charge < -0.3 is 10.0 Å². The predicted molar refractivity (Wildman–Crippen MR) is 85.1 cm³/mol. The van der Waals surface area contributed by atoms with E-state index in [-0.39, 0.29) is 24.4 Å². The number of para-hydroxylation sites is 1. The zero-order valence-electron chi connectivity index (χ0n) is 13.3. The van der Waals surface area contributed by atoms with E-state index in [1.165, 1.54) is 36.7 Å². The van der Waals surface area contributed by atoms with Gasteiger partial charge in [-0.2, -0.15) is 0 Å². The molecule has 7 heteroatoms. The van der Waals surface area contributed by atoms with Crippen molar-refractivity contribution in [2.45, 2.75) is 32.4 Å². The molecule has 0 spiro atoms. The Morgan fingerprint density at radius 1 is 1.30 bits per heavy atom. The van der Waals surface area contributed by atoms with Crippen molar-refractivity contribution in [1.29, 1.82) is 0 Å². The smallest absolute Gasteiger partial charge is 0.329 e. The topological polar surface area (TPSA) is 92.5 Å². The minimum absolute atomic E-state index is 0.0210. The number of benzene rings is 1. The van der Waals surface area contributed by atoms with E-state index in [1.807, 2.05) is 0 Å². The third-order valence-corrected chi connectivity index (χ3v) is 4.03. The number of carbonyl (C=O) groups is 2. The largest absolute Gasteiger partial charge is 0.480 e. The van der Waals surface area contributed by atoms with Crippen LogP contribution < -0.4 is 5.56 Å². The number of aryl methyl sites for hydroxylation is 1. The van der Waals surface area contributed by atoms with Crippen molar-refractivity contribution in [3.8, 4) is 0 Å². The second-order valence-electron chi connectivity index (χ2n) is 5.83. The lowest BCUT2D eigenvalue weighted by Gasteiger charge is -2.31. The van der Waals surface area contributed by atoms with Crippen LogP contribution in [0, 0.1) is 0 Å². The van der Waals surface area contributed by atoms with E-state index < -0.39 is 11.5 Å². The number of rotatable bonds is 5. The maximum atomic E-state index is 12.3. The zero-order valence-corrected chi connectivity index (χ0v) is 13.3. The lowest BCUT2D eigenvalue weighted by atomic mass is 10.0. The SMILES string of the molecule is CN(C(=O)CCn1cnc2ccccc2c1=O)C(C)(C)C(=O)O. The summed E-state index contributed by atoms with van der Waals surface area (Å²) in [5.41, 5.74) is -0.920. The van der Waals surface area contributed by atoms with Gasteiger partial charge in [-0.1, -0.05) is 12.1 Å². The highest BCUT2D eigenvalue weighted by Crippen LogP contribution is 2.14. The van der Waals surface area contributed by atoms with Crippen LogP contribution >= 0.6 is 0 Å². The van der Waals surface area contributed by atoms with Gasteiger partial charge in [0.2, 0.25) is 5.91 Å². The summed E-state index contributed by atoms with van der Waals surface area (Å²) in [5, 5.41) is 9.64. The third kappa shape index (κ3) is 3.23. The minimum atomic E-state index is -1.30. The summed E-state index contributed by atoms with van der Waals surface area (Å²) in [6.07, 6.45) is 1.42. The van der Waals surface area contributed by atoms with E-state index in [2.05, 4.69) is 4.98 Å². The number of carboxylic acid groups (broad SMARTS) is 1. The number of likely N-dealkylation sites (N-methyl/N-ethyl adjacent to an activating group) is 1. The van der Waals surface area contributed by atoms with Crippen LogP contribution in [0.25, 0.3) is 10.9 Å². The number of hydrogen-bond acceptors (Lipinski definition) is 4. The molecule has 0 saturated carbocycles. The first-order valence-electron chi connectivity index (χ1n) is 7.19. The Kier molecular flexibility index (Phi) is 4.49. The number of aromatic nitrogens is 2. The molecule has 0 radical (unpaired) electrons. The summed E-state index contributed by atoms with van der Waals surface area (Å²) in [6, 6.07) is 6.98. The molecule has 1 amide bonds. The fourth-order valence-electron chi connectivity index (χ4n) is 2.10. The highest BCUT2D eigenvalue weighted by Gasteiger charge is 2.34. The molecule has 0 aliphatic carbocycles. The molecule has 1 aromatic carbocycles. The van der Waals surface area contributed by atoms with Crippen LogP contribution in [0.15, 0.2) is 35.4 Å². The average Bonchev–Trinajstić information content (AvgIpc) is 2.53. The van der Waals surface area contributed by atoms with Crippen LogP contribution in [0.5, 0.6) is 0 Å². The van der Waals surface area contributed by atoms with Crippen molar-refractivity contribution in [1.82, 2.24) is 14.5 Å². The standard InChI is InChI=1S/C16H19N3O4/c1-16(2,15(22)23)18(3)13(20)8-9-19-10-17-12-7-5-4-6-11(12)14(19)21/h4-7,10H,8-9H2,1-3H3,(H,22,23). The molecular weight excluding hydrogens is 298 g/mol. The lowest BCUT2D eigenvalue weighted by molar-refractivity contribution is -0.155. The molecule has 0 fully saturated rings. The van der Waals surface area contributed by atoms with Gasteiger partial charge in [0.1, 0.15) is 5.54 Å². The number of carbonyl (C=O) groups excluding carboxylic acids is 1. The summed E-state index contributed by atoms with van der Waals surface area (Å²) >= 11 is 0. The van der Waals surface area contributed by atoms with Gasteiger partial charge in [0, 0.05) is 20.0 Å². The first-order valence-corrected chi connectivity index (χ1v) is 7.19. The Bertz CT molecular complexity index is 810. The molecule has 1 aromatic heterocycles. The molecule has 23 heavy (non-hydrogen) atoms. The maximum absolute atomic E-state index is 12.3. The normalized spacial score (nSPS) is 11.4. The molecule has 0 aliphatic rings. The summed E-state index contributed by atoms with van der Waals surface area (Å²) < 4.78 is 1.36. The van der Waals surface area contributed by atoms with Crippen molar-refractivity contribution >= 4 is 22.8 Å². The van der Waals surface area contributed by atoms with Gasteiger partial charge >= 0.3 is 5.97 Å². The molecule has 0 atom stereocenters. The highest BCUT2D eigenvalue weighted by molar-refractivity contribution is 5.86. The van der Waals surface area contributed by atoms with Crippen LogP contribution in [0.3, 0.4) is 0 Å². The third-order valence-electron chi connectivity index (χ3n) is 4.03. The first kappa shape index (κ1) is 16.7. The number of nitrogens with zero attached hydrogens (tertiary/aromatic N) is 3. The highest BCUT2D eigenvalue weighted by atomic mass is 16.4. The molecule has 0 unspecified atom stereocenters. The number of carboxylic acids is 1.